The van der Waals surface area contributed by atoms with Gasteiger partial charge in [0, 0.05) is 32.5 Å². The molecule has 0 amide bonds. The first-order valence-electron chi connectivity index (χ1n) is 7.26. The first-order valence-corrected chi connectivity index (χ1v) is 7.26. The van der Waals surface area contributed by atoms with Gasteiger partial charge in [0.25, 0.3) is 5.69 Å². The molecule has 0 saturated carbocycles. The van der Waals surface area contributed by atoms with Gasteiger partial charge in [0.15, 0.2) is 5.82 Å². The quantitative estimate of drug-likeness (QED) is 0.630. The fraction of sp³-hybridized carbons (Fsp3) is 0.500. The van der Waals surface area contributed by atoms with Crippen molar-refractivity contribution >= 4 is 11.5 Å². The van der Waals surface area contributed by atoms with Gasteiger partial charge < -0.3 is 9.42 Å². The van der Waals surface area contributed by atoms with E-state index in [0.29, 0.717) is 11.8 Å². The van der Waals surface area contributed by atoms with Crippen molar-refractivity contribution in [2.75, 3.05) is 18.0 Å². The lowest BCUT2D eigenvalue weighted by Gasteiger charge is -2.33. The molecule has 3 heterocycles. The molecule has 1 aliphatic heterocycles. The van der Waals surface area contributed by atoms with Gasteiger partial charge in [-0.2, -0.15) is 4.98 Å². The Hall–Kier alpha value is -2.51. The monoisotopic (exact) mass is 303 g/mol. The van der Waals surface area contributed by atoms with Gasteiger partial charge >= 0.3 is 0 Å². The molecule has 8 heteroatoms. The van der Waals surface area contributed by atoms with E-state index in [1.165, 1.54) is 12.3 Å². The van der Waals surface area contributed by atoms with Crippen LogP contribution in [0.5, 0.6) is 0 Å². The van der Waals surface area contributed by atoms with Crippen LogP contribution in [-0.4, -0.2) is 33.1 Å². The number of pyridine rings is 1. The maximum absolute atomic E-state index is 10.7. The largest absolute Gasteiger partial charge is 0.356 e. The van der Waals surface area contributed by atoms with Crippen LogP contribution >= 0.6 is 0 Å². The van der Waals surface area contributed by atoms with Crippen LogP contribution in [0.15, 0.2) is 22.9 Å². The number of hydrogen-bond donors (Lipinski definition) is 0. The molecule has 0 bridgehead atoms. The molecule has 0 aliphatic carbocycles. The predicted molar refractivity (Wildman–Crippen MR) is 78.6 cm³/mol. The Morgan fingerprint density at radius 1 is 1.50 bits per heavy atom. The van der Waals surface area contributed by atoms with Crippen molar-refractivity contribution in [3.05, 3.63) is 40.2 Å². The molecule has 1 atom stereocenters. The molecule has 0 spiro atoms. The van der Waals surface area contributed by atoms with Gasteiger partial charge in [-0.15, -0.1) is 0 Å². The van der Waals surface area contributed by atoms with Gasteiger partial charge in [0.05, 0.1) is 4.92 Å². The highest BCUT2D eigenvalue weighted by Gasteiger charge is 2.23. The number of aromatic nitrogens is 3. The summed E-state index contributed by atoms with van der Waals surface area (Å²) in [7, 11) is 0. The van der Waals surface area contributed by atoms with Crippen molar-refractivity contribution in [3.8, 4) is 0 Å². The molecule has 0 N–H and O–H groups in total. The number of aryl methyl sites for hydroxylation is 1. The second-order valence-corrected chi connectivity index (χ2v) is 5.52. The third-order valence-corrected chi connectivity index (χ3v) is 3.83. The van der Waals surface area contributed by atoms with Crippen LogP contribution in [0.25, 0.3) is 0 Å². The van der Waals surface area contributed by atoms with E-state index in [0.717, 1.165) is 44.0 Å². The van der Waals surface area contributed by atoms with Gasteiger partial charge in [-0.3, -0.25) is 10.1 Å². The molecule has 22 heavy (non-hydrogen) atoms. The van der Waals surface area contributed by atoms with Crippen LogP contribution in [-0.2, 0) is 6.42 Å². The summed E-state index contributed by atoms with van der Waals surface area (Å²) in [6, 6.07) is 3.20. The second kappa shape index (κ2) is 6.08. The Kier molecular flexibility index (Phi) is 3.99. The molecular weight excluding hydrogens is 286 g/mol. The van der Waals surface area contributed by atoms with Crippen molar-refractivity contribution in [3.63, 3.8) is 0 Å². The molecule has 2 aromatic heterocycles. The van der Waals surface area contributed by atoms with E-state index in [1.54, 1.807) is 13.0 Å². The van der Waals surface area contributed by atoms with Crippen molar-refractivity contribution in [2.45, 2.75) is 26.2 Å². The summed E-state index contributed by atoms with van der Waals surface area (Å²) in [6.45, 7) is 3.54. The number of nitrogens with zero attached hydrogens (tertiary/aromatic N) is 5. The van der Waals surface area contributed by atoms with Crippen LogP contribution in [0.4, 0.5) is 11.5 Å². The van der Waals surface area contributed by atoms with Gasteiger partial charge in [-0.05, 0) is 24.8 Å². The number of nitro groups is 1. The number of piperidine rings is 1. The third-order valence-electron chi connectivity index (χ3n) is 3.83. The highest BCUT2D eigenvalue weighted by Crippen LogP contribution is 2.24. The lowest BCUT2D eigenvalue weighted by molar-refractivity contribution is -0.385. The molecule has 2 aromatic rings. The summed E-state index contributed by atoms with van der Waals surface area (Å²) in [5.41, 5.74) is 0.0135. The van der Waals surface area contributed by atoms with Crippen LogP contribution in [0.2, 0.25) is 0 Å². The third kappa shape index (κ3) is 3.21. The van der Waals surface area contributed by atoms with E-state index in [4.69, 9.17) is 4.52 Å². The van der Waals surface area contributed by atoms with Gasteiger partial charge in [-0.1, -0.05) is 5.16 Å². The first-order chi connectivity index (χ1) is 10.6. The zero-order valence-electron chi connectivity index (χ0n) is 12.3. The summed E-state index contributed by atoms with van der Waals surface area (Å²) in [5, 5.41) is 14.6. The maximum Gasteiger partial charge on any atom is 0.287 e. The average Bonchev–Trinajstić information content (AvgIpc) is 2.93. The zero-order valence-corrected chi connectivity index (χ0v) is 12.3. The molecule has 1 unspecified atom stereocenters. The summed E-state index contributed by atoms with van der Waals surface area (Å²) in [5.74, 6) is 2.53. The van der Waals surface area contributed by atoms with Gasteiger partial charge in [0.2, 0.25) is 5.89 Å². The molecule has 1 aliphatic rings. The van der Waals surface area contributed by atoms with E-state index in [2.05, 4.69) is 20.0 Å². The van der Waals surface area contributed by atoms with E-state index in [-0.39, 0.29) is 5.69 Å². The van der Waals surface area contributed by atoms with Gasteiger partial charge in [0.1, 0.15) is 12.0 Å². The normalized spacial score (nSPS) is 18.4. The fourth-order valence-electron chi connectivity index (χ4n) is 2.80. The molecular formula is C14H17N5O3. The van der Waals surface area contributed by atoms with E-state index in [1.807, 2.05) is 0 Å². The van der Waals surface area contributed by atoms with Crippen LogP contribution in [0.3, 0.4) is 0 Å². The minimum absolute atomic E-state index is 0.0135. The number of rotatable bonds is 4. The molecule has 8 nitrogen and oxygen atoms in total. The van der Waals surface area contributed by atoms with Crippen molar-refractivity contribution < 1.29 is 9.45 Å². The van der Waals surface area contributed by atoms with Crippen molar-refractivity contribution in [1.29, 1.82) is 0 Å². The van der Waals surface area contributed by atoms with E-state index in [9.17, 15) is 10.1 Å². The van der Waals surface area contributed by atoms with Crippen molar-refractivity contribution in [2.24, 2.45) is 5.92 Å². The molecule has 1 fully saturated rings. The summed E-state index contributed by atoms with van der Waals surface area (Å²) < 4.78 is 5.00. The van der Waals surface area contributed by atoms with Crippen molar-refractivity contribution in [1.82, 2.24) is 15.1 Å². The SMILES string of the molecule is Cc1nc(CC2CCCN(c3ccc([N+](=O)[O-])cn3)C2)no1. The summed E-state index contributed by atoms with van der Waals surface area (Å²) in [4.78, 5) is 20.8. The lowest BCUT2D eigenvalue weighted by atomic mass is 9.94. The average molecular weight is 303 g/mol. The molecule has 116 valence electrons. The lowest BCUT2D eigenvalue weighted by Crippen LogP contribution is -2.36. The topological polar surface area (TPSA) is 98.2 Å². The Balaban J connectivity index is 1.66. The van der Waals surface area contributed by atoms with Gasteiger partial charge in [-0.25, -0.2) is 4.98 Å². The number of anilines is 1. The predicted octanol–water partition coefficient (Wildman–Crippen LogP) is 2.14. The minimum atomic E-state index is -0.436. The van der Waals surface area contributed by atoms with Crippen LogP contribution < -0.4 is 4.90 Å². The smallest absolute Gasteiger partial charge is 0.287 e. The second-order valence-electron chi connectivity index (χ2n) is 5.52. The molecule has 0 radical (unpaired) electrons. The summed E-state index contributed by atoms with van der Waals surface area (Å²) in [6.07, 6.45) is 4.25. The first kappa shape index (κ1) is 14.4. The Bertz CT molecular complexity index is 655. The fourth-order valence-corrected chi connectivity index (χ4v) is 2.80. The molecule has 3 rings (SSSR count). The van der Waals surface area contributed by atoms with E-state index < -0.39 is 4.92 Å². The Morgan fingerprint density at radius 3 is 3.00 bits per heavy atom. The minimum Gasteiger partial charge on any atom is -0.356 e. The standard InChI is InChI=1S/C14H17N5O3/c1-10-16-13(17-22-10)7-11-3-2-6-18(9-11)14-5-4-12(8-15-14)19(20)21/h4-5,8,11H,2-3,6-7,9H2,1H3. The highest BCUT2D eigenvalue weighted by atomic mass is 16.6. The summed E-state index contributed by atoms with van der Waals surface area (Å²) >= 11 is 0. The van der Waals surface area contributed by atoms with Crippen LogP contribution in [0.1, 0.15) is 24.6 Å². The maximum atomic E-state index is 10.7. The molecule has 1 saturated heterocycles. The molecule has 0 aromatic carbocycles. The van der Waals surface area contributed by atoms with E-state index >= 15 is 0 Å². The highest BCUT2D eigenvalue weighted by molar-refractivity contribution is 5.43. The Labute approximate surface area is 127 Å². The zero-order chi connectivity index (χ0) is 15.5. The number of hydrogen-bond acceptors (Lipinski definition) is 7. The Morgan fingerprint density at radius 2 is 2.36 bits per heavy atom. The van der Waals surface area contributed by atoms with Crippen LogP contribution in [0, 0.1) is 23.0 Å².